The lowest BCUT2D eigenvalue weighted by Gasteiger charge is -2.18. The number of nitrogens with zero attached hydrogens (tertiary/aromatic N) is 1. The quantitative estimate of drug-likeness (QED) is 0.481. The maximum Gasteiger partial charge on any atom is 0.0611 e. The monoisotopic (exact) mass is 367 g/mol. The second-order valence-electron chi connectivity index (χ2n) is 8.95. The highest BCUT2D eigenvalue weighted by Gasteiger charge is 2.42. The Morgan fingerprint density at radius 2 is 2.04 bits per heavy atom. The second-order valence-corrected chi connectivity index (χ2v) is 8.95. The smallest absolute Gasteiger partial charge is 0.0611 e. The van der Waals surface area contributed by atoms with Crippen LogP contribution in [0.2, 0.25) is 0 Å². The Balaban J connectivity index is 1.45. The van der Waals surface area contributed by atoms with Crippen LogP contribution in [0.4, 0.5) is 0 Å². The van der Waals surface area contributed by atoms with Crippen molar-refractivity contribution in [1.29, 1.82) is 0 Å². The summed E-state index contributed by atoms with van der Waals surface area (Å²) in [5, 5.41) is 10.5. The maximum absolute atomic E-state index is 10.5. The van der Waals surface area contributed by atoms with Crippen LogP contribution in [0.25, 0.3) is 0 Å². The first-order valence-corrected chi connectivity index (χ1v) is 10.8. The van der Waals surface area contributed by atoms with E-state index in [4.69, 9.17) is 0 Å². The third-order valence-electron chi connectivity index (χ3n) is 6.34. The SMILES string of the molecule is Cc1cccc(CC/C=C/[C@@H]2[C@H]3CC(CCCCN(C)C)=C[C@H]3C[C@H]2O)c1. The molecule has 2 nitrogen and oxygen atoms in total. The lowest BCUT2D eigenvalue weighted by Crippen LogP contribution is -2.17. The molecule has 1 fully saturated rings. The van der Waals surface area contributed by atoms with Crippen LogP contribution in [0, 0.1) is 24.7 Å². The molecule has 2 heteroatoms. The number of aliphatic hydroxyl groups is 1. The summed E-state index contributed by atoms with van der Waals surface area (Å²) in [6.45, 7) is 3.34. The normalized spacial score (nSPS) is 27.5. The van der Waals surface area contributed by atoms with Gasteiger partial charge >= 0.3 is 0 Å². The van der Waals surface area contributed by atoms with Crippen LogP contribution in [-0.2, 0) is 6.42 Å². The molecule has 0 aliphatic heterocycles. The van der Waals surface area contributed by atoms with Crippen molar-refractivity contribution >= 4 is 0 Å². The van der Waals surface area contributed by atoms with Gasteiger partial charge in [-0.1, -0.05) is 53.6 Å². The summed E-state index contributed by atoms with van der Waals surface area (Å²) in [4.78, 5) is 2.27. The lowest BCUT2D eigenvalue weighted by molar-refractivity contribution is 0.141. The molecule has 27 heavy (non-hydrogen) atoms. The molecule has 0 heterocycles. The zero-order chi connectivity index (χ0) is 19.2. The molecule has 0 bridgehead atoms. The molecular formula is C25H37NO. The van der Waals surface area contributed by atoms with Crippen LogP contribution in [0.3, 0.4) is 0 Å². The van der Waals surface area contributed by atoms with Gasteiger partial charge in [-0.2, -0.15) is 0 Å². The fourth-order valence-electron chi connectivity index (χ4n) is 4.94. The van der Waals surface area contributed by atoms with Gasteiger partial charge in [-0.05, 0) is 89.9 Å². The van der Waals surface area contributed by atoms with Crippen molar-refractivity contribution in [2.24, 2.45) is 17.8 Å². The number of aliphatic hydroxyl groups excluding tert-OH is 1. The van der Waals surface area contributed by atoms with Gasteiger partial charge in [0.25, 0.3) is 0 Å². The molecule has 1 saturated carbocycles. The molecule has 1 N–H and O–H groups in total. The third kappa shape index (κ3) is 5.80. The van der Waals surface area contributed by atoms with Gasteiger partial charge in [0.1, 0.15) is 0 Å². The highest BCUT2D eigenvalue weighted by Crippen LogP contribution is 2.48. The van der Waals surface area contributed by atoms with E-state index in [-0.39, 0.29) is 6.10 Å². The van der Waals surface area contributed by atoms with E-state index < -0.39 is 0 Å². The van der Waals surface area contributed by atoms with Crippen molar-refractivity contribution in [1.82, 2.24) is 4.90 Å². The van der Waals surface area contributed by atoms with E-state index in [1.54, 1.807) is 5.57 Å². The molecule has 0 radical (unpaired) electrons. The Morgan fingerprint density at radius 3 is 2.81 bits per heavy atom. The highest BCUT2D eigenvalue weighted by atomic mass is 16.3. The molecule has 0 unspecified atom stereocenters. The molecule has 4 atom stereocenters. The molecule has 1 aromatic rings. The van der Waals surface area contributed by atoms with Gasteiger partial charge < -0.3 is 10.0 Å². The molecule has 0 saturated heterocycles. The summed E-state index contributed by atoms with van der Waals surface area (Å²) in [6, 6.07) is 8.78. The first-order valence-electron chi connectivity index (χ1n) is 10.8. The minimum Gasteiger partial charge on any atom is -0.392 e. The van der Waals surface area contributed by atoms with E-state index in [1.165, 1.54) is 43.4 Å². The van der Waals surface area contributed by atoms with E-state index in [1.807, 2.05) is 0 Å². The van der Waals surface area contributed by atoms with Crippen LogP contribution in [0.5, 0.6) is 0 Å². The first kappa shape index (κ1) is 20.4. The highest BCUT2D eigenvalue weighted by molar-refractivity contribution is 5.23. The summed E-state index contributed by atoms with van der Waals surface area (Å²) in [7, 11) is 4.30. The van der Waals surface area contributed by atoms with Crippen molar-refractivity contribution in [3.8, 4) is 0 Å². The number of unbranched alkanes of at least 4 members (excludes halogenated alkanes) is 1. The number of hydrogen-bond acceptors (Lipinski definition) is 2. The topological polar surface area (TPSA) is 23.5 Å². The predicted octanol–water partition coefficient (Wildman–Crippen LogP) is 5.16. The fraction of sp³-hybridized carbons (Fsp3) is 0.600. The molecule has 2 aliphatic carbocycles. The number of rotatable bonds is 9. The average molecular weight is 368 g/mol. The molecule has 3 rings (SSSR count). The number of fused-ring (bicyclic) bond motifs is 1. The van der Waals surface area contributed by atoms with Gasteiger partial charge in [0.15, 0.2) is 0 Å². The van der Waals surface area contributed by atoms with Gasteiger partial charge in [0, 0.05) is 5.92 Å². The van der Waals surface area contributed by atoms with Crippen LogP contribution in [0.1, 0.15) is 49.7 Å². The van der Waals surface area contributed by atoms with Crippen LogP contribution < -0.4 is 0 Å². The van der Waals surface area contributed by atoms with E-state index in [0.29, 0.717) is 17.8 Å². The zero-order valence-corrected chi connectivity index (χ0v) is 17.4. The fourth-order valence-corrected chi connectivity index (χ4v) is 4.94. The van der Waals surface area contributed by atoms with E-state index in [9.17, 15) is 5.11 Å². The number of allylic oxidation sites excluding steroid dienone is 3. The summed E-state index contributed by atoms with van der Waals surface area (Å²) in [5.41, 5.74) is 4.39. The van der Waals surface area contributed by atoms with Gasteiger partial charge in [0.2, 0.25) is 0 Å². The number of benzene rings is 1. The minimum absolute atomic E-state index is 0.151. The van der Waals surface area contributed by atoms with Crippen LogP contribution in [0.15, 0.2) is 48.1 Å². The molecule has 2 aliphatic rings. The molecule has 0 spiro atoms. The Bertz CT molecular complexity index is 660. The van der Waals surface area contributed by atoms with Crippen LogP contribution >= 0.6 is 0 Å². The van der Waals surface area contributed by atoms with Crippen LogP contribution in [-0.4, -0.2) is 36.8 Å². The Kier molecular flexibility index (Phi) is 7.32. The Morgan fingerprint density at radius 1 is 1.19 bits per heavy atom. The minimum atomic E-state index is -0.151. The standard InChI is InChI=1S/C25H37NO/c1-19-9-8-12-20(15-19)10-4-5-13-23-24-17-21(11-6-7-14-26(2)3)16-22(24)18-25(23)27/h5,8-9,12-13,15-16,22-25,27H,4,6-7,10-11,14,17-18H2,1-3H3/b13-5+/t22-,23+,24-,25+/m0/s1. The predicted molar refractivity (Wildman–Crippen MR) is 115 cm³/mol. The largest absolute Gasteiger partial charge is 0.392 e. The molecule has 0 amide bonds. The summed E-state index contributed by atoms with van der Waals surface area (Å²) in [6.07, 6.45) is 15.1. The van der Waals surface area contributed by atoms with Crippen molar-refractivity contribution in [3.05, 3.63) is 59.2 Å². The lowest BCUT2D eigenvalue weighted by atomic mass is 9.88. The van der Waals surface area contributed by atoms with Crippen molar-refractivity contribution < 1.29 is 5.11 Å². The second kappa shape index (κ2) is 9.71. The van der Waals surface area contributed by atoms with Gasteiger partial charge in [0.05, 0.1) is 6.10 Å². The zero-order valence-electron chi connectivity index (χ0n) is 17.4. The molecular weight excluding hydrogens is 330 g/mol. The van der Waals surface area contributed by atoms with Gasteiger partial charge in [-0.15, -0.1) is 0 Å². The first-order chi connectivity index (χ1) is 13.0. The van der Waals surface area contributed by atoms with E-state index in [0.717, 1.165) is 19.3 Å². The van der Waals surface area contributed by atoms with Crippen molar-refractivity contribution in [2.75, 3.05) is 20.6 Å². The Hall–Kier alpha value is -1.38. The van der Waals surface area contributed by atoms with Crippen molar-refractivity contribution in [3.63, 3.8) is 0 Å². The molecule has 1 aromatic carbocycles. The maximum atomic E-state index is 10.5. The molecule has 0 aromatic heterocycles. The van der Waals surface area contributed by atoms with Gasteiger partial charge in [-0.25, -0.2) is 0 Å². The van der Waals surface area contributed by atoms with Gasteiger partial charge in [-0.3, -0.25) is 0 Å². The van der Waals surface area contributed by atoms with E-state index >= 15 is 0 Å². The number of aryl methyl sites for hydroxylation is 2. The molecule has 148 valence electrons. The Labute approximate surface area is 166 Å². The average Bonchev–Trinajstić information content (AvgIpc) is 3.13. The number of hydrogen-bond donors (Lipinski definition) is 1. The summed E-state index contributed by atoms with van der Waals surface area (Å²) < 4.78 is 0. The third-order valence-corrected chi connectivity index (χ3v) is 6.34. The van der Waals surface area contributed by atoms with Crippen molar-refractivity contribution in [2.45, 2.75) is 58.0 Å². The summed E-state index contributed by atoms with van der Waals surface area (Å²) >= 11 is 0. The van der Waals surface area contributed by atoms with E-state index in [2.05, 4.69) is 68.4 Å². The summed E-state index contributed by atoms with van der Waals surface area (Å²) in [5.74, 6) is 1.59.